The van der Waals surface area contributed by atoms with Crippen LogP contribution < -0.4 is 10.2 Å². The molecule has 2 aliphatic rings. The summed E-state index contributed by atoms with van der Waals surface area (Å²) in [6.45, 7) is 7.20. The van der Waals surface area contributed by atoms with Gasteiger partial charge in [0.05, 0.1) is 4.90 Å². The van der Waals surface area contributed by atoms with E-state index >= 15 is 0 Å². The van der Waals surface area contributed by atoms with Crippen molar-refractivity contribution < 1.29 is 22.7 Å². The summed E-state index contributed by atoms with van der Waals surface area (Å²) in [7, 11) is -1.94. The molecule has 1 N–H and O–H groups in total. The van der Waals surface area contributed by atoms with Crippen LogP contribution in [0.15, 0.2) is 41.8 Å². The lowest BCUT2D eigenvalue weighted by Crippen LogP contribution is -2.53. The Morgan fingerprint density at radius 1 is 1.19 bits per heavy atom. The van der Waals surface area contributed by atoms with Crippen LogP contribution in [-0.4, -0.2) is 63.4 Å². The molecule has 170 valence electrons. The van der Waals surface area contributed by atoms with E-state index in [9.17, 15) is 18.0 Å². The molecule has 1 aromatic rings. The zero-order valence-electron chi connectivity index (χ0n) is 18.2. The first-order valence-electron chi connectivity index (χ1n) is 10.6. The first-order chi connectivity index (χ1) is 14.7. The fraction of sp³-hybridized carbons (Fsp3) is 0.545. The fourth-order valence-corrected chi connectivity index (χ4v) is 5.47. The minimum atomic E-state index is -3.65. The Hall–Kier alpha value is -2.23. The molecule has 2 fully saturated rings. The largest absolute Gasteiger partial charge is 0.381 e. The number of hydrogen-bond donors (Lipinski definition) is 1. The van der Waals surface area contributed by atoms with Crippen LogP contribution in [0.4, 0.5) is 5.69 Å². The maximum atomic E-state index is 13.1. The van der Waals surface area contributed by atoms with Crippen LogP contribution in [0.1, 0.15) is 32.6 Å². The van der Waals surface area contributed by atoms with Gasteiger partial charge < -0.3 is 15.0 Å². The van der Waals surface area contributed by atoms with Gasteiger partial charge in [-0.1, -0.05) is 6.58 Å². The number of ether oxygens (including phenoxy) is 1. The molecule has 1 aromatic carbocycles. The summed E-state index contributed by atoms with van der Waals surface area (Å²) in [5, 5.41) is 2.89. The summed E-state index contributed by atoms with van der Waals surface area (Å²) >= 11 is 0. The molecular formula is C22H31N3O5S. The predicted octanol–water partition coefficient (Wildman–Crippen LogP) is 1.92. The van der Waals surface area contributed by atoms with E-state index in [1.165, 1.54) is 10.4 Å². The number of anilines is 1. The molecule has 0 saturated carbocycles. The lowest BCUT2D eigenvalue weighted by atomic mass is 9.90. The van der Waals surface area contributed by atoms with Gasteiger partial charge in [0.25, 0.3) is 0 Å². The van der Waals surface area contributed by atoms with Gasteiger partial charge in [-0.3, -0.25) is 9.59 Å². The molecule has 0 aliphatic carbocycles. The van der Waals surface area contributed by atoms with Crippen molar-refractivity contribution in [2.75, 3.05) is 38.3 Å². The number of nitrogens with zero attached hydrogens (tertiary/aromatic N) is 2. The monoisotopic (exact) mass is 449 g/mol. The molecule has 0 spiro atoms. The van der Waals surface area contributed by atoms with Gasteiger partial charge in [-0.05, 0) is 62.9 Å². The second kappa shape index (κ2) is 9.50. The average Bonchev–Trinajstić information content (AvgIpc) is 2.78. The summed E-state index contributed by atoms with van der Waals surface area (Å²) in [6.07, 6.45) is 3.67. The second-order valence-corrected chi connectivity index (χ2v) is 10.4. The molecule has 2 aliphatic heterocycles. The maximum absolute atomic E-state index is 13.1. The van der Waals surface area contributed by atoms with Gasteiger partial charge in [0.15, 0.2) is 0 Å². The summed E-state index contributed by atoms with van der Waals surface area (Å²) in [6, 6.07) is 6.43. The van der Waals surface area contributed by atoms with Gasteiger partial charge in [0.2, 0.25) is 21.8 Å². The Labute approximate surface area is 184 Å². The molecule has 0 aromatic heterocycles. The molecule has 2 saturated heterocycles. The number of sulfonamides is 1. The van der Waals surface area contributed by atoms with E-state index in [2.05, 4.69) is 11.9 Å². The van der Waals surface area contributed by atoms with Gasteiger partial charge in [-0.2, -0.15) is 4.31 Å². The topological polar surface area (TPSA) is 96.0 Å². The van der Waals surface area contributed by atoms with Crippen molar-refractivity contribution in [1.82, 2.24) is 9.62 Å². The Bertz CT molecular complexity index is 915. The van der Waals surface area contributed by atoms with E-state index in [0.717, 1.165) is 0 Å². The molecule has 0 unspecified atom stereocenters. The standard InChI is InChI=1S/C22H31N3O5S/c1-4-20(26)23-22(2)11-13-25(14-12-22)31(28,29)19-7-5-18(6-8-19)24(3)21(27)17-9-15-30-16-10-17/h4-8,17H,1,9-16H2,2-3H3,(H,23,26). The van der Waals surface area contributed by atoms with Crippen molar-refractivity contribution in [3.8, 4) is 0 Å². The molecule has 8 nitrogen and oxygen atoms in total. The molecule has 0 atom stereocenters. The Kier molecular flexibility index (Phi) is 7.18. The van der Waals surface area contributed by atoms with Crippen molar-refractivity contribution >= 4 is 27.5 Å². The van der Waals surface area contributed by atoms with Crippen LogP contribution in [-0.2, 0) is 24.3 Å². The number of carbonyl (C=O) groups excluding carboxylic acids is 2. The third-order valence-corrected chi connectivity index (χ3v) is 8.11. The van der Waals surface area contributed by atoms with Gasteiger partial charge in [-0.15, -0.1) is 0 Å². The molecule has 9 heteroatoms. The number of amides is 2. The predicted molar refractivity (Wildman–Crippen MR) is 118 cm³/mol. The summed E-state index contributed by atoms with van der Waals surface area (Å²) < 4.78 is 32.9. The lowest BCUT2D eigenvalue weighted by Gasteiger charge is -2.39. The van der Waals surface area contributed by atoms with Crippen LogP contribution in [0.5, 0.6) is 0 Å². The third-order valence-electron chi connectivity index (χ3n) is 6.20. The van der Waals surface area contributed by atoms with E-state index in [1.54, 1.807) is 36.2 Å². The second-order valence-electron chi connectivity index (χ2n) is 8.44. The first-order valence-corrected chi connectivity index (χ1v) is 12.0. The van der Waals surface area contributed by atoms with E-state index < -0.39 is 15.6 Å². The first kappa shape index (κ1) is 23.4. The van der Waals surface area contributed by atoms with Gasteiger partial charge in [0.1, 0.15) is 0 Å². The van der Waals surface area contributed by atoms with Crippen molar-refractivity contribution in [2.45, 2.75) is 43.0 Å². The Balaban J connectivity index is 1.65. The van der Waals surface area contributed by atoms with E-state index in [1.807, 2.05) is 6.92 Å². The molecule has 31 heavy (non-hydrogen) atoms. The van der Waals surface area contributed by atoms with Crippen molar-refractivity contribution in [2.24, 2.45) is 5.92 Å². The number of rotatable bonds is 6. The summed E-state index contributed by atoms with van der Waals surface area (Å²) in [5.74, 6) is -0.295. The van der Waals surface area contributed by atoms with Crippen LogP contribution in [0.3, 0.4) is 0 Å². The van der Waals surface area contributed by atoms with Gasteiger partial charge in [0, 0.05) is 50.5 Å². The Morgan fingerprint density at radius 3 is 2.32 bits per heavy atom. The number of hydrogen-bond acceptors (Lipinski definition) is 5. The molecule has 0 bridgehead atoms. The minimum absolute atomic E-state index is 0.0239. The summed E-state index contributed by atoms with van der Waals surface area (Å²) in [4.78, 5) is 26.1. The highest BCUT2D eigenvalue weighted by molar-refractivity contribution is 7.89. The summed E-state index contributed by atoms with van der Waals surface area (Å²) in [5.41, 5.74) is 0.211. The Morgan fingerprint density at radius 2 is 1.77 bits per heavy atom. The number of nitrogens with one attached hydrogen (secondary N) is 1. The zero-order valence-corrected chi connectivity index (χ0v) is 19.0. The minimum Gasteiger partial charge on any atom is -0.381 e. The van der Waals surface area contributed by atoms with Gasteiger partial charge in [-0.25, -0.2) is 8.42 Å². The van der Waals surface area contributed by atoms with Crippen molar-refractivity contribution in [1.29, 1.82) is 0 Å². The average molecular weight is 450 g/mol. The normalized spacial score (nSPS) is 20.1. The van der Waals surface area contributed by atoms with Crippen molar-refractivity contribution in [3.05, 3.63) is 36.9 Å². The quantitative estimate of drug-likeness (QED) is 0.670. The van der Waals surface area contributed by atoms with Crippen LogP contribution in [0.25, 0.3) is 0 Å². The SMILES string of the molecule is C=CC(=O)NC1(C)CCN(S(=O)(=O)c2ccc(N(C)C(=O)C3CCOCC3)cc2)CC1. The smallest absolute Gasteiger partial charge is 0.243 e. The fourth-order valence-electron chi connectivity index (χ4n) is 4.03. The highest BCUT2D eigenvalue weighted by atomic mass is 32.2. The molecule has 2 heterocycles. The lowest BCUT2D eigenvalue weighted by molar-refractivity contribution is -0.124. The highest BCUT2D eigenvalue weighted by Gasteiger charge is 2.36. The number of piperidine rings is 1. The van der Waals surface area contributed by atoms with E-state index in [-0.39, 0.29) is 22.6 Å². The maximum Gasteiger partial charge on any atom is 0.243 e. The molecule has 0 radical (unpaired) electrons. The zero-order chi connectivity index (χ0) is 22.6. The molecule has 3 rings (SSSR count). The van der Waals surface area contributed by atoms with Crippen LogP contribution in [0.2, 0.25) is 0 Å². The van der Waals surface area contributed by atoms with E-state index in [4.69, 9.17) is 4.74 Å². The highest BCUT2D eigenvalue weighted by Crippen LogP contribution is 2.28. The third kappa shape index (κ3) is 5.34. The van der Waals surface area contributed by atoms with E-state index in [0.29, 0.717) is 57.7 Å². The molecule has 2 amide bonds. The van der Waals surface area contributed by atoms with Crippen LogP contribution in [0, 0.1) is 5.92 Å². The van der Waals surface area contributed by atoms with Gasteiger partial charge >= 0.3 is 0 Å². The molecular weight excluding hydrogens is 418 g/mol. The van der Waals surface area contributed by atoms with Crippen molar-refractivity contribution in [3.63, 3.8) is 0 Å². The number of carbonyl (C=O) groups is 2. The van der Waals surface area contributed by atoms with Crippen LogP contribution >= 0.6 is 0 Å². The number of benzene rings is 1.